The molecule has 1 saturated carbocycles. The Morgan fingerprint density at radius 2 is 2.05 bits per heavy atom. The molecule has 1 aliphatic carbocycles. The van der Waals surface area contributed by atoms with Crippen LogP contribution in [0.1, 0.15) is 51.9 Å². The molecule has 2 N–H and O–H groups in total. The van der Waals surface area contributed by atoms with Gasteiger partial charge in [0, 0.05) is 24.7 Å². The summed E-state index contributed by atoms with van der Waals surface area (Å²) in [6, 6.07) is 2.09. The monoisotopic (exact) mass is 264 g/mol. The van der Waals surface area contributed by atoms with Crippen LogP contribution in [0.25, 0.3) is 0 Å². The van der Waals surface area contributed by atoms with Crippen LogP contribution in [-0.2, 0) is 0 Å². The van der Waals surface area contributed by atoms with Crippen LogP contribution in [0.3, 0.4) is 0 Å². The van der Waals surface area contributed by atoms with E-state index in [4.69, 9.17) is 0 Å². The molecular formula is C15H28N4. The van der Waals surface area contributed by atoms with Crippen LogP contribution in [0, 0.1) is 0 Å². The summed E-state index contributed by atoms with van der Waals surface area (Å²) < 4.78 is 0. The van der Waals surface area contributed by atoms with Gasteiger partial charge < -0.3 is 10.6 Å². The van der Waals surface area contributed by atoms with Crippen molar-refractivity contribution in [1.29, 1.82) is 0 Å². The fraction of sp³-hybridized carbons (Fsp3) is 0.933. The Morgan fingerprint density at radius 1 is 1.21 bits per heavy atom. The van der Waals surface area contributed by atoms with E-state index in [2.05, 4.69) is 27.4 Å². The van der Waals surface area contributed by atoms with Crippen molar-refractivity contribution in [2.75, 3.05) is 19.6 Å². The molecule has 0 aromatic rings. The minimum Gasteiger partial charge on any atom is -0.355 e. The molecule has 4 nitrogen and oxygen atoms in total. The van der Waals surface area contributed by atoms with Gasteiger partial charge in [-0.25, -0.2) is 0 Å². The highest BCUT2D eigenvalue weighted by Gasteiger charge is 2.31. The van der Waals surface area contributed by atoms with Crippen molar-refractivity contribution in [3.8, 4) is 0 Å². The highest BCUT2D eigenvalue weighted by Crippen LogP contribution is 2.28. The molecule has 0 radical (unpaired) electrons. The predicted octanol–water partition coefficient (Wildman–Crippen LogP) is 1.72. The summed E-state index contributed by atoms with van der Waals surface area (Å²) in [5, 5.41) is 6.91. The lowest BCUT2D eigenvalue weighted by atomic mass is 9.94. The molecule has 0 bridgehead atoms. The van der Waals surface area contributed by atoms with Gasteiger partial charge in [-0.2, -0.15) is 0 Å². The van der Waals surface area contributed by atoms with Crippen LogP contribution in [0.5, 0.6) is 0 Å². The normalized spacial score (nSPS) is 33.2. The van der Waals surface area contributed by atoms with Crippen LogP contribution >= 0.6 is 0 Å². The van der Waals surface area contributed by atoms with E-state index in [9.17, 15) is 0 Å². The molecule has 4 heteroatoms. The summed E-state index contributed by atoms with van der Waals surface area (Å²) in [4.78, 5) is 7.27. The zero-order valence-corrected chi connectivity index (χ0v) is 12.2. The van der Waals surface area contributed by atoms with E-state index in [0.717, 1.165) is 31.1 Å². The smallest absolute Gasteiger partial charge is 0.191 e. The molecule has 0 amide bonds. The first-order valence-corrected chi connectivity index (χ1v) is 8.13. The molecule has 2 unspecified atom stereocenters. The van der Waals surface area contributed by atoms with Crippen LogP contribution in [0.2, 0.25) is 0 Å². The lowest BCUT2D eigenvalue weighted by molar-refractivity contribution is 0.143. The molecule has 0 spiro atoms. The fourth-order valence-corrected chi connectivity index (χ4v) is 3.84. The maximum absolute atomic E-state index is 4.49. The number of nitrogens with one attached hydrogen (secondary N) is 2. The third-order valence-electron chi connectivity index (χ3n) is 4.88. The summed E-state index contributed by atoms with van der Waals surface area (Å²) in [5.74, 6) is 1.02. The number of likely N-dealkylation sites (tertiary alicyclic amines) is 1. The first kappa shape index (κ1) is 13.2. The molecule has 2 heterocycles. The zero-order valence-electron chi connectivity index (χ0n) is 12.2. The molecule has 0 aromatic heterocycles. The van der Waals surface area contributed by atoms with Gasteiger partial charge in [0.15, 0.2) is 5.96 Å². The standard InChI is InChI=1S/C15H28N4/c1-12-10-16-15(18-12)17-11-14-8-5-9-19(14)13-6-3-2-4-7-13/h12-14H,2-11H2,1H3,(H2,16,17,18). The first-order chi connectivity index (χ1) is 9.33. The topological polar surface area (TPSA) is 39.7 Å². The molecule has 0 aromatic carbocycles. The van der Waals surface area contributed by atoms with Gasteiger partial charge in [0.25, 0.3) is 0 Å². The van der Waals surface area contributed by atoms with Gasteiger partial charge in [0.05, 0.1) is 6.54 Å². The number of hydrogen-bond acceptors (Lipinski definition) is 4. The van der Waals surface area contributed by atoms with Crippen molar-refractivity contribution in [3.63, 3.8) is 0 Å². The third-order valence-corrected chi connectivity index (χ3v) is 4.88. The minimum atomic E-state index is 0.500. The van der Waals surface area contributed by atoms with Crippen LogP contribution in [0.4, 0.5) is 0 Å². The van der Waals surface area contributed by atoms with Crippen LogP contribution < -0.4 is 10.6 Å². The summed E-state index contributed by atoms with van der Waals surface area (Å²) in [7, 11) is 0. The Kier molecular flexibility index (Phi) is 4.26. The van der Waals surface area contributed by atoms with Gasteiger partial charge in [-0.1, -0.05) is 19.3 Å². The van der Waals surface area contributed by atoms with Crippen molar-refractivity contribution in [2.24, 2.45) is 4.99 Å². The maximum Gasteiger partial charge on any atom is 0.191 e. The Labute approximate surface area is 117 Å². The number of aliphatic imine (C=N–C) groups is 1. The molecular weight excluding hydrogens is 236 g/mol. The van der Waals surface area contributed by atoms with E-state index < -0.39 is 0 Å². The van der Waals surface area contributed by atoms with E-state index in [1.54, 1.807) is 0 Å². The Balaban J connectivity index is 1.49. The summed E-state index contributed by atoms with van der Waals surface area (Å²) in [6.07, 6.45) is 9.90. The molecule has 3 rings (SSSR count). The van der Waals surface area contributed by atoms with Gasteiger partial charge in [-0.3, -0.25) is 9.89 Å². The average molecular weight is 264 g/mol. The van der Waals surface area contributed by atoms with Crippen LogP contribution in [0.15, 0.2) is 4.99 Å². The second kappa shape index (κ2) is 6.12. The largest absolute Gasteiger partial charge is 0.355 e. The number of guanidine groups is 1. The van der Waals surface area contributed by atoms with E-state index in [0.29, 0.717) is 6.04 Å². The maximum atomic E-state index is 4.49. The Hall–Kier alpha value is -0.770. The van der Waals surface area contributed by atoms with Crippen molar-refractivity contribution in [3.05, 3.63) is 0 Å². The second-order valence-electron chi connectivity index (χ2n) is 6.44. The predicted molar refractivity (Wildman–Crippen MR) is 79.5 cm³/mol. The SMILES string of the molecule is CC1CN=C(NCC2CCCN2C2CCCCC2)N1. The minimum absolute atomic E-state index is 0.500. The lowest BCUT2D eigenvalue weighted by Crippen LogP contribution is -2.48. The van der Waals surface area contributed by atoms with Gasteiger partial charge in [-0.15, -0.1) is 0 Å². The van der Waals surface area contributed by atoms with Crippen molar-refractivity contribution >= 4 is 5.96 Å². The number of nitrogens with zero attached hydrogens (tertiary/aromatic N) is 2. The molecule has 2 atom stereocenters. The van der Waals surface area contributed by atoms with Crippen molar-refractivity contribution in [2.45, 2.75) is 70.0 Å². The highest BCUT2D eigenvalue weighted by molar-refractivity contribution is 5.81. The Morgan fingerprint density at radius 3 is 2.79 bits per heavy atom. The molecule has 108 valence electrons. The summed E-state index contributed by atoms with van der Waals surface area (Å²) >= 11 is 0. The second-order valence-corrected chi connectivity index (χ2v) is 6.44. The zero-order chi connectivity index (χ0) is 13.1. The fourth-order valence-electron chi connectivity index (χ4n) is 3.84. The van der Waals surface area contributed by atoms with Gasteiger partial charge >= 0.3 is 0 Å². The highest BCUT2D eigenvalue weighted by atomic mass is 15.3. The van der Waals surface area contributed by atoms with Crippen LogP contribution in [-0.4, -0.2) is 48.6 Å². The van der Waals surface area contributed by atoms with E-state index in [1.165, 1.54) is 51.5 Å². The van der Waals surface area contributed by atoms with Crippen molar-refractivity contribution < 1.29 is 0 Å². The van der Waals surface area contributed by atoms with E-state index in [-0.39, 0.29) is 0 Å². The average Bonchev–Trinajstić information content (AvgIpc) is 3.06. The van der Waals surface area contributed by atoms with Gasteiger partial charge in [0.2, 0.25) is 0 Å². The lowest BCUT2D eigenvalue weighted by Gasteiger charge is -2.35. The molecule has 2 fully saturated rings. The van der Waals surface area contributed by atoms with Crippen molar-refractivity contribution in [1.82, 2.24) is 15.5 Å². The van der Waals surface area contributed by atoms with E-state index in [1.807, 2.05) is 0 Å². The number of rotatable bonds is 3. The quantitative estimate of drug-likeness (QED) is 0.815. The number of hydrogen-bond donors (Lipinski definition) is 2. The molecule has 2 aliphatic heterocycles. The first-order valence-electron chi connectivity index (χ1n) is 8.13. The van der Waals surface area contributed by atoms with Gasteiger partial charge in [0.1, 0.15) is 0 Å². The molecule has 1 saturated heterocycles. The summed E-state index contributed by atoms with van der Waals surface area (Å²) in [6.45, 7) is 5.48. The third kappa shape index (κ3) is 3.22. The summed E-state index contributed by atoms with van der Waals surface area (Å²) in [5.41, 5.74) is 0. The molecule has 19 heavy (non-hydrogen) atoms. The molecule has 3 aliphatic rings. The Bertz CT molecular complexity index is 322. The van der Waals surface area contributed by atoms with E-state index >= 15 is 0 Å². The van der Waals surface area contributed by atoms with Gasteiger partial charge in [-0.05, 0) is 39.2 Å².